The molecule has 0 saturated carbocycles. The van der Waals surface area contributed by atoms with E-state index >= 15 is 0 Å². The molecule has 0 atom stereocenters. The van der Waals surface area contributed by atoms with Crippen molar-refractivity contribution in [1.29, 1.82) is 0 Å². The van der Waals surface area contributed by atoms with Gasteiger partial charge in [-0.1, -0.05) is 0 Å². The molecule has 0 aliphatic heterocycles. The highest BCUT2D eigenvalue weighted by molar-refractivity contribution is 5.34. The molecule has 3 N–H and O–H groups in total. The van der Waals surface area contributed by atoms with Crippen molar-refractivity contribution < 1.29 is 27.1 Å². The van der Waals surface area contributed by atoms with Gasteiger partial charge in [0, 0.05) is 12.1 Å². The van der Waals surface area contributed by atoms with E-state index in [2.05, 4.69) is 4.98 Å². The smallest absolute Gasteiger partial charge is 0.392 e. The summed E-state index contributed by atoms with van der Waals surface area (Å²) in [7, 11) is 0. The summed E-state index contributed by atoms with van der Waals surface area (Å²) in [5, 5.41) is 8.81. The summed E-state index contributed by atoms with van der Waals surface area (Å²) in [6.07, 6.45) is -7.81. The van der Waals surface area contributed by atoms with Crippen LogP contribution in [0.2, 0.25) is 0 Å². The topological polar surface area (TPSA) is 59.1 Å². The lowest BCUT2D eigenvalue weighted by Gasteiger charge is -2.14. The second-order valence-corrected chi connectivity index (χ2v) is 3.19. The first-order valence-electron chi connectivity index (χ1n) is 4.50. The molecule has 96 valence electrons. The van der Waals surface area contributed by atoms with Crippen molar-refractivity contribution in [3.63, 3.8) is 0 Å². The average molecular weight is 256 g/mol. The number of halogens is 5. The number of aromatic nitrogens is 1. The highest BCUT2D eigenvalue weighted by atomic mass is 19.4. The molecular weight excluding hydrogens is 247 g/mol. The van der Waals surface area contributed by atoms with Gasteiger partial charge in [0.2, 0.25) is 0 Å². The molecule has 0 amide bonds. The molecular formula is C9H9F5N2O. The summed E-state index contributed by atoms with van der Waals surface area (Å²) in [6.45, 7) is -1.49. The van der Waals surface area contributed by atoms with Gasteiger partial charge in [-0.05, 0) is 11.6 Å². The van der Waals surface area contributed by atoms with Crippen LogP contribution in [0.3, 0.4) is 0 Å². The second kappa shape index (κ2) is 4.92. The maximum Gasteiger partial charge on any atom is 0.433 e. The minimum absolute atomic E-state index is 0.403. The summed E-state index contributed by atoms with van der Waals surface area (Å²) in [6, 6.07) is 0.403. The van der Waals surface area contributed by atoms with Gasteiger partial charge in [0.05, 0.1) is 12.3 Å². The minimum atomic E-state index is -4.77. The number of aliphatic hydroxyl groups is 1. The third kappa shape index (κ3) is 2.89. The van der Waals surface area contributed by atoms with Gasteiger partial charge in [0.25, 0.3) is 6.43 Å². The monoisotopic (exact) mass is 256 g/mol. The Hall–Kier alpha value is -1.28. The predicted molar refractivity (Wildman–Crippen MR) is 48.0 cm³/mol. The van der Waals surface area contributed by atoms with Gasteiger partial charge in [-0.15, -0.1) is 0 Å². The molecule has 8 heteroatoms. The zero-order chi connectivity index (χ0) is 13.2. The summed E-state index contributed by atoms with van der Waals surface area (Å²) in [5.41, 5.74) is 1.94. The Kier molecular flexibility index (Phi) is 3.99. The van der Waals surface area contributed by atoms with Crippen LogP contribution in [-0.2, 0) is 19.3 Å². The fourth-order valence-electron chi connectivity index (χ4n) is 1.36. The molecule has 0 spiro atoms. The van der Waals surface area contributed by atoms with Crippen molar-refractivity contribution in [2.24, 2.45) is 5.73 Å². The summed E-state index contributed by atoms with van der Waals surface area (Å²) < 4.78 is 62.3. The number of nitrogens with two attached hydrogens (primary N) is 1. The first-order chi connectivity index (χ1) is 7.81. The summed E-state index contributed by atoms with van der Waals surface area (Å²) >= 11 is 0. The lowest BCUT2D eigenvalue weighted by molar-refractivity contribution is -0.141. The van der Waals surface area contributed by atoms with E-state index in [9.17, 15) is 22.0 Å². The molecule has 1 aromatic rings. The Morgan fingerprint density at radius 3 is 2.29 bits per heavy atom. The van der Waals surface area contributed by atoms with Gasteiger partial charge in [-0.25, -0.2) is 13.8 Å². The quantitative estimate of drug-likeness (QED) is 0.813. The molecule has 1 heterocycles. The van der Waals surface area contributed by atoms with E-state index in [1.165, 1.54) is 0 Å². The van der Waals surface area contributed by atoms with Crippen molar-refractivity contribution in [2.75, 3.05) is 0 Å². The molecule has 1 aromatic heterocycles. The van der Waals surface area contributed by atoms with Crippen LogP contribution in [0, 0.1) is 0 Å². The maximum absolute atomic E-state index is 12.6. The van der Waals surface area contributed by atoms with Crippen LogP contribution in [0.4, 0.5) is 22.0 Å². The highest BCUT2D eigenvalue weighted by Crippen LogP contribution is 2.33. The van der Waals surface area contributed by atoms with Gasteiger partial charge in [-0.2, -0.15) is 13.2 Å². The number of pyridine rings is 1. The lowest BCUT2D eigenvalue weighted by Crippen LogP contribution is -2.16. The van der Waals surface area contributed by atoms with E-state index in [1.54, 1.807) is 0 Å². The number of aliphatic hydroxyl groups excluding tert-OH is 1. The molecule has 17 heavy (non-hydrogen) atoms. The van der Waals surface area contributed by atoms with Crippen LogP contribution in [-0.4, -0.2) is 10.1 Å². The van der Waals surface area contributed by atoms with Crippen molar-refractivity contribution in [2.45, 2.75) is 25.8 Å². The highest BCUT2D eigenvalue weighted by Gasteiger charge is 2.34. The van der Waals surface area contributed by atoms with Crippen LogP contribution < -0.4 is 5.73 Å². The molecule has 0 bridgehead atoms. The van der Waals surface area contributed by atoms with E-state index in [4.69, 9.17) is 10.8 Å². The number of hydrogen-bond acceptors (Lipinski definition) is 3. The Morgan fingerprint density at radius 2 is 1.94 bits per heavy atom. The van der Waals surface area contributed by atoms with Crippen LogP contribution >= 0.6 is 0 Å². The fourth-order valence-corrected chi connectivity index (χ4v) is 1.36. The van der Waals surface area contributed by atoms with E-state index in [0.717, 1.165) is 0 Å². The molecule has 0 aromatic carbocycles. The third-order valence-corrected chi connectivity index (χ3v) is 2.10. The number of nitrogens with zero attached hydrogens (tertiary/aromatic N) is 1. The van der Waals surface area contributed by atoms with Crippen LogP contribution in [0.1, 0.15) is 28.9 Å². The van der Waals surface area contributed by atoms with Gasteiger partial charge < -0.3 is 10.8 Å². The first kappa shape index (κ1) is 13.8. The summed E-state index contributed by atoms with van der Waals surface area (Å²) in [4.78, 5) is 3.05. The van der Waals surface area contributed by atoms with E-state index in [0.29, 0.717) is 6.07 Å². The van der Waals surface area contributed by atoms with Crippen molar-refractivity contribution >= 4 is 0 Å². The maximum atomic E-state index is 12.6. The van der Waals surface area contributed by atoms with Crippen LogP contribution in [0.5, 0.6) is 0 Å². The van der Waals surface area contributed by atoms with Crippen LogP contribution in [0.25, 0.3) is 0 Å². The Balaban J connectivity index is 3.45. The van der Waals surface area contributed by atoms with E-state index in [1.807, 2.05) is 0 Å². The molecule has 0 aliphatic carbocycles. The van der Waals surface area contributed by atoms with Gasteiger partial charge in [0.1, 0.15) is 5.69 Å². The van der Waals surface area contributed by atoms with Crippen molar-refractivity contribution in [3.8, 4) is 0 Å². The predicted octanol–water partition coefficient (Wildman–Crippen LogP) is 1.99. The second-order valence-electron chi connectivity index (χ2n) is 3.19. The standard InChI is InChI=1S/C9H9F5N2O/c10-8(11)7-4(3-17)1-6(9(12,13)14)16-5(7)2-15/h1,8,17H,2-3,15H2. The van der Waals surface area contributed by atoms with E-state index in [-0.39, 0.29) is 0 Å². The Labute approximate surface area is 93.1 Å². The SMILES string of the molecule is NCc1nc(C(F)(F)F)cc(CO)c1C(F)F. The van der Waals surface area contributed by atoms with Crippen molar-refractivity contribution in [1.82, 2.24) is 4.98 Å². The Morgan fingerprint density at radius 1 is 1.35 bits per heavy atom. The molecule has 0 aliphatic rings. The zero-order valence-electron chi connectivity index (χ0n) is 8.43. The van der Waals surface area contributed by atoms with Gasteiger partial charge >= 0.3 is 6.18 Å². The number of alkyl halides is 5. The first-order valence-corrected chi connectivity index (χ1v) is 4.50. The zero-order valence-corrected chi connectivity index (χ0v) is 8.43. The molecule has 1 rings (SSSR count). The lowest BCUT2D eigenvalue weighted by atomic mass is 10.1. The molecule has 0 unspecified atom stereocenters. The minimum Gasteiger partial charge on any atom is -0.392 e. The van der Waals surface area contributed by atoms with Crippen molar-refractivity contribution in [3.05, 3.63) is 28.6 Å². The fraction of sp³-hybridized carbons (Fsp3) is 0.444. The average Bonchev–Trinajstić information content (AvgIpc) is 2.25. The largest absolute Gasteiger partial charge is 0.433 e. The molecule has 0 radical (unpaired) electrons. The van der Waals surface area contributed by atoms with Crippen LogP contribution in [0.15, 0.2) is 6.07 Å². The summed E-state index contributed by atoms with van der Waals surface area (Å²) in [5.74, 6) is 0. The molecule has 0 fully saturated rings. The van der Waals surface area contributed by atoms with E-state index < -0.39 is 48.3 Å². The third-order valence-electron chi connectivity index (χ3n) is 2.10. The molecule has 3 nitrogen and oxygen atoms in total. The van der Waals surface area contributed by atoms with Gasteiger partial charge in [-0.3, -0.25) is 0 Å². The Bertz CT molecular complexity index is 380. The molecule has 0 saturated heterocycles. The van der Waals surface area contributed by atoms with Gasteiger partial charge in [0.15, 0.2) is 0 Å². The number of hydrogen-bond donors (Lipinski definition) is 2. The number of rotatable bonds is 3. The normalized spacial score (nSPS) is 12.2.